The first-order valence-electron chi connectivity index (χ1n) is 7.34. The van der Waals surface area contributed by atoms with Crippen molar-refractivity contribution in [3.05, 3.63) is 47.2 Å². The van der Waals surface area contributed by atoms with Gasteiger partial charge in [-0.15, -0.1) is 21.8 Å². The van der Waals surface area contributed by atoms with Gasteiger partial charge >= 0.3 is 0 Å². The van der Waals surface area contributed by atoms with Crippen molar-refractivity contribution < 1.29 is 4.42 Å². The maximum Gasteiger partial charge on any atom is 0.220 e. The van der Waals surface area contributed by atoms with E-state index in [0.29, 0.717) is 23.6 Å². The number of benzene rings is 1. The molecule has 20 heavy (non-hydrogen) atoms. The number of alkyl halides is 1. The molecule has 0 aliphatic heterocycles. The molecule has 4 heteroatoms. The average molecular weight is 289 g/mol. The molecular weight excluding hydrogens is 272 g/mol. The Morgan fingerprint density at radius 1 is 1.20 bits per heavy atom. The van der Waals surface area contributed by atoms with Gasteiger partial charge in [-0.3, -0.25) is 0 Å². The van der Waals surface area contributed by atoms with E-state index in [1.807, 2.05) is 0 Å². The molecule has 1 saturated carbocycles. The number of nitrogens with zero attached hydrogens (tertiary/aromatic N) is 2. The summed E-state index contributed by atoms with van der Waals surface area (Å²) in [6.45, 7) is 0. The fraction of sp³-hybridized carbons (Fsp3) is 0.500. The number of hydrogen-bond donors (Lipinski definition) is 0. The smallest absolute Gasteiger partial charge is 0.220 e. The highest BCUT2D eigenvalue weighted by atomic mass is 35.5. The predicted molar refractivity (Wildman–Crippen MR) is 77.1 cm³/mol. The van der Waals surface area contributed by atoms with Crippen LogP contribution in [0.2, 0.25) is 0 Å². The fourth-order valence-electron chi connectivity index (χ4n) is 3.62. The molecule has 1 fully saturated rings. The summed E-state index contributed by atoms with van der Waals surface area (Å²) in [5.74, 6) is 3.95. The molecule has 2 aliphatic carbocycles. The van der Waals surface area contributed by atoms with Crippen LogP contribution in [0, 0.1) is 5.92 Å². The van der Waals surface area contributed by atoms with Crippen molar-refractivity contribution in [2.24, 2.45) is 5.92 Å². The zero-order chi connectivity index (χ0) is 13.5. The number of fused-ring (bicyclic) bond motifs is 3. The van der Waals surface area contributed by atoms with Crippen molar-refractivity contribution in [1.29, 1.82) is 0 Å². The number of rotatable bonds is 4. The lowest BCUT2D eigenvalue weighted by Gasteiger charge is -2.13. The second-order valence-corrected chi connectivity index (χ2v) is 6.16. The van der Waals surface area contributed by atoms with Crippen LogP contribution < -0.4 is 0 Å². The second-order valence-electron chi connectivity index (χ2n) is 5.78. The summed E-state index contributed by atoms with van der Waals surface area (Å²) in [4.78, 5) is 0. The molecule has 0 spiro atoms. The Labute approximate surface area is 123 Å². The topological polar surface area (TPSA) is 38.9 Å². The molecule has 1 aromatic carbocycles. The Bertz CT molecular complexity index is 624. The molecule has 4 rings (SSSR count). The minimum absolute atomic E-state index is 0.441. The average Bonchev–Trinajstić information content (AvgIpc) is 3.06. The maximum absolute atomic E-state index is 5.84. The molecule has 2 aliphatic rings. The van der Waals surface area contributed by atoms with Gasteiger partial charge in [-0.2, -0.15) is 0 Å². The van der Waals surface area contributed by atoms with Crippen LogP contribution in [0.3, 0.4) is 0 Å². The lowest BCUT2D eigenvalue weighted by atomic mass is 9.92. The molecule has 0 bridgehead atoms. The monoisotopic (exact) mass is 288 g/mol. The highest BCUT2D eigenvalue weighted by molar-refractivity contribution is 6.17. The van der Waals surface area contributed by atoms with Crippen LogP contribution in [0.4, 0.5) is 0 Å². The van der Waals surface area contributed by atoms with Gasteiger partial charge < -0.3 is 4.42 Å². The minimum atomic E-state index is 0.441. The summed E-state index contributed by atoms with van der Waals surface area (Å²) in [5.41, 5.74) is 2.99. The normalized spacial score (nSPS) is 26.9. The SMILES string of the molecule is ClCCCc1nnc(C2C3CCc4ccccc4C32)o1. The lowest BCUT2D eigenvalue weighted by molar-refractivity contribution is 0.441. The third kappa shape index (κ3) is 1.96. The molecule has 0 saturated heterocycles. The fourth-order valence-corrected chi connectivity index (χ4v) is 3.76. The molecule has 1 heterocycles. The van der Waals surface area contributed by atoms with Crippen LogP contribution in [0.25, 0.3) is 0 Å². The van der Waals surface area contributed by atoms with Crippen molar-refractivity contribution >= 4 is 11.6 Å². The van der Waals surface area contributed by atoms with Crippen molar-refractivity contribution in [2.75, 3.05) is 5.88 Å². The van der Waals surface area contributed by atoms with Gasteiger partial charge in [0.05, 0.1) is 0 Å². The summed E-state index contributed by atoms with van der Waals surface area (Å²) < 4.78 is 5.84. The standard InChI is InChI=1S/C16H17ClN2O/c17-9-3-6-13-18-19-16(20-13)15-12-8-7-10-4-1-2-5-11(10)14(12)15/h1-2,4-5,12,14-15H,3,6-9H2. The van der Waals surface area contributed by atoms with E-state index in [1.165, 1.54) is 24.0 Å². The Kier molecular flexibility index (Phi) is 3.03. The molecule has 2 aromatic rings. The molecule has 3 unspecified atom stereocenters. The van der Waals surface area contributed by atoms with E-state index in [2.05, 4.69) is 34.5 Å². The van der Waals surface area contributed by atoms with E-state index in [-0.39, 0.29) is 0 Å². The third-order valence-corrected chi connectivity index (χ3v) is 4.89. The van der Waals surface area contributed by atoms with Gasteiger partial charge in [0, 0.05) is 18.2 Å². The molecule has 0 radical (unpaired) electrons. The van der Waals surface area contributed by atoms with E-state index in [1.54, 1.807) is 0 Å². The lowest BCUT2D eigenvalue weighted by Crippen LogP contribution is -2.00. The predicted octanol–water partition coefficient (Wildman–Crippen LogP) is 3.68. The Hall–Kier alpha value is -1.35. The van der Waals surface area contributed by atoms with Gasteiger partial charge in [0.25, 0.3) is 0 Å². The van der Waals surface area contributed by atoms with Gasteiger partial charge in [-0.25, -0.2) is 0 Å². The van der Waals surface area contributed by atoms with Crippen molar-refractivity contribution in [3.63, 3.8) is 0 Å². The van der Waals surface area contributed by atoms with E-state index >= 15 is 0 Å². The van der Waals surface area contributed by atoms with Crippen LogP contribution in [0.5, 0.6) is 0 Å². The number of hydrogen-bond acceptors (Lipinski definition) is 3. The van der Waals surface area contributed by atoms with Gasteiger partial charge in [0.2, 0.25) is 11.8 Å². The number of aryl methyl sites for hydroxylation is 2. The van der Waals surface area contributed by atoms with Crippen LogP contribution in [0.15, 0.2) is 28.7 Å². The van der Waals surface area contributed by atoms with Crippen molar-refractivity contribution in [3.8, 4) is 0 Å². The number of halogens is 1. The van der Waals surface area contributed by atoms with Crippen LogP contribution in [0.1, 0.15) is 47.6 Å². The first-order chi connectivity index (χ1) is 9.88. The van der Waals surface area contributed by atoms with Gasteiger partial charge in [-0.05, 0) is 42.2 Å². The first kappa shape index (κ1) is 12.4. The minimum Gasteiger partial charge on any atom is -0.425 e. The Morgan fingerprint density at radius 3 is 3.00 bits per heavy atom. The summed E-state index contributed by atoms with van der Waals surface area (Å²) in [6.07, 6.45) is 4.10. The molecule has 0 N–H and O–H groups in total. The van der Waals surface area contributed by atoms with E-state index in [4.69, 9.17) is 16.0 Å². The third-order valence-electron chi connectivity index (χ3n) is 4.62. The van der Waals surface area contributed by atoms with E-state index < -0.39 is 0 Å². The molecule has 3 nitrogen and oxygen atoms in total. The Morgan fingerprint density at radius 2 is 2.10 bits per heavy atom. The highest BCUT2D eigenvalue weighted by Gasteiger charge is 2.56. The highest BCUT2D eigenvalue weighted by Crippen LogP contribution is 2.64. The van der Waals surface area contributed by atoms with Crippen LogP contribution in [-0.4, -0.2) is 16.1 Å². The molecule has 104 valence electrons. The molecule has 1 aromatic heterocycles. The largest absolute Gasteiger partial charge is 0.425 e. The summed E-state index contributed by atoms with van der Waals surface area (Å²) in [5, 5.41) is 8.42. The first-order valence-corrected chi connectivity index (χ1v) is 7.88. The van der Waals surface area contributed by atoms with Crippen molar-refractivity contribution in [1.82, 2.24) is 10.2 Å². The van der Waals surface area contributed by atoms with Gasteiger partial charge in [0.15, 0.2) is 0 Å². The zero-order valence-corrected chi connectivity index (χ0v) is 12.0. The number of aromatic nitrogens is 2. The Balaban J connectivity index is 1.56. The van der Waals surface area contributed by atoms with Gasteiger partial charge in [0.1, 0.15) is 0 Å². The second kappa shape index (κ2) is 4.88. The molecule has 0 amide bonds. The van der Waals surface area contributed by atoms with Gasteiger partial charge in [-0.1, -0.05) is 24.3 Å². The van der Waals surface area contributed by atoms with E-state index in [9.17, 15) is 0 Å². The molecular formula is C16H17ClN2O. The summed E-state index contributed by atoms with van der Waals surface area (Å²) in [6, 6.07) is 8.78. The van der Waals surface area contributed by atoms with E-state index in [0.717, 1.165) is 24.6 Å². The molecule has 3 atom stereocenters. The maximum atomic E-state index is 5.84. The van der Waals surface area contributed by atoms with Crippen LogP contribution >= 0.6 is 11.6 Å². The van der Waals surface area contributed by atoms with Crippen LogP contribution in [-0.2, 0) is 12.8 Å². The summed E-state index contributed by atoms with van der Waals surface area (Å²) >= 11 is 5.70. The quantitative estimate of drug-likeness (QED) is 0.806. The summed E-state index contributed by atoms with van der Waals surface area (Å²) in [7, 11) is 0. The zero-order valence-electron chi connectivity index (χ0n) is 11.3. The van der Waals surface area contributed by atoms with Crippen molar-refractivity contribution in [2.45, 2.75) is 37.5 Å².